The standard InChI is InChI=1S/C13H20N4O3/c1-17(10-5-4-8-15-9-10)12(18)11(16-13(19)20)6-2-3-7-14/h4-5,8-9,11,16H,2-3,6-7,14H2,1H3,(H,19,20). The molecule has 0 aliphatic rings. The zero-order valence-corrected chi connectivity index (χ0v) is 11.5. The van der Waals surface area contributed by atoms with Crippen molar-refractivity contribution in [1.82, 2.24) is 10.3 Å². The van der Waals surface area contributed by atoms with E-state index in [2.05, 4.69) is 10.3 Å². The van der Waals surface area contributed by atoms with Crippen LogP contribution in [0, 0.1) is 0 Å². The number of carbonyl (C=O) groups excluding carboxylic acids is 1. The van der Waals surface area contributed by atoms with Crippen molar-refractivity contribution in [2.45, 2.75) is 25.3 Å². The van der Waals surface area contributed by atoms with Gasteiger partial charge >= 0.3 is 6.09 Å². The molecule has 0 saturated heterocycles. The molecule has 0 spiro atoms. The lowest BCUT2D eigenvalue weighted by Crippen LogP contribution is -2.47. The topological polar surface area (TPSA) is 109 Å². The van der Waals surface area contributed by atoms with Crippen LogP contribution in [0.25, 0.3) is 0 Å². The van der Waals surface area contributed by atoms with Crippen LogP contribution in [0.5, 0.6) is 0 Å². The zero-order valence-electron chi connectivity index (χ0n) is 11.5. The summed E-state index contributed by atoms with van der Waals surface area (Å²) in [5, 5.41) is 11.1. The van der Waals surface area contributed by atoms with Gasteiger partial charge in [-0.2, -0.15) is 0 Å². The minimum Gasteiger partial charge on any atom is -0.465 e. The number of rotatable bonds is 7. The molecule has 1 heterocycles. The Morgan fingerprint density at radius 2 is 2.25 bits per heavy atom. The number of unbranched alkanes of at least 4 members (excludes halogenated alkanes) is 1. The Kier molecular flexibility index (Phi) is 6.45. The number of nitrogens with one attached hydrogen (secondary N) is 1. The summed E-state index contributed by atoms with van der Waals surface area (Å²) in [5.74, 6) is -0.308. The average molecular weight is 280 g/mol. The number of nitrogens with two attached hydrogens (primary N) is 1. The molecule has 2 amide bonds. The largest absolute Gasteiger partial charge is 0.465 e. The summed E-state index contributed by atoms with van der Waals surface area (Å²) >= 11 is 0. The summed E-state index contributed by atoms with van der Waals surface area (Å²) in [4.78, 5) is 28.4. The van der Waals surface area contributed by atoms with Crippen molar-refractivity contribution in [3.05, 3.63) is 24.5 Å². The van der Waals surface area contributed by atoms with Gasteiger partial charge in [0, 0.05) is 13.2 Å². The van der Waals surface area contributed by atoms with Crippen molar-refractivity contribution < 1.29 is 14.7 Å². The van der Waals surface area contributed by atoms with Crippen LogP contribution < -0.4 is 16.0 Å². The van der Waals surface area contributed by atoms with Crippen molar-refractivity contribution in [3.63, 3.8) is 0 Å². The lowest BCUT2D eigenvalue weighted by Gasteiger charge is -2.23. The maximum atomic E-state index is 12.3. The van der Waals surface area contributed by atoms with E-state index in [0.717, 1.165) is 6.42 Å². The number of hydrogen-bond acceptors (Lipinski definition) is 4. The molecule has 0 fully saturated rings. The van der Waals surface area contributed by atoms with Crippen molar-refractivity contribution >= 4 is 17.7 Å². The Labute approximate surface area is 117 Å². The smallest absolute Gasteiger partial charge is 0.405 e. The summed E-state index contributed by atoms with van der Waals surface area (Å²) in [7, 11) is 1.60. The molecule has 1 atom stereocenters. The fraction of sp³-hybridized carbons (Fsp3) is 0.462. The molecule has 0 aliphatic carbocycles. The number of nitrogens with zero attached hydrogens (tertiary/aromatic N) is 2. The number of pyridine rings is 1. The Morgan fingerprint density at radius 1 is 1.50 bits per heavy atom. The highest BCUT2D eigenvalue weighted by molar-refractivity contribution is 5.97. The van der Waals surface area contributed by atoms with Crippen LogP contribution >= 0.6 is 0 Å². The van der Waals surface area contributed by atoms with E-state index >= 15 is 0 Å². The second kappa shape index (κ2) is 8.11. The molecule has 20 heavy (non-hydrogen) atoms. The van der Waals surface area contributed by atoms with E-state index in [1.54, 1.807) is 31.6 Å². The van der Waals surface area contributed by atoms with Crippen LogP contribution in [0.2, 0.25) is 0 Å². The number of likely N-dealkylation sites (N-methyl/N-ethyl adjacent to an activating group) is 1. The van der Waals surface area contributed by atoms with Gasteiger partial charge in [-0.25, -0.2) is 4.79 Å². The highest BCUT2D eigenvalue weighted by atomic mass is 16.4. The Bertz CT molecular complexity index is 439. The van der Waals surface area contributed by atoms with Gasteiger partial charge in [0.25, 0.3) is 0 Å². The molecular weight excluding hydrogens is 260 g/mol. The van der Waals surface area contributed by atoms with E-state index in [4.69, 9.17) is 10.8 Å². The Hall–Kier alpha value is -2.15. The summed E-state index contributed by atoms with van der Waals surface area (Å²) in [5.41, 5.74) is 6.02. The number of amides is 2. The molecule has 1 aromatic heterocycles. The van der Waals surface area contributed by atoms with Gasteiger partial charge in [0.05, 0.1) is 11.9 Å². The lowest BCUT2D eigenvalue weighted by molar-refractivity contribution is -0.120. The third kappa shape index (κ3) is 4.85. The summed E-state index contributed by atoms with van der Waals surface area (Å²) in [6, 6.07) is 2.68. The minimum atomic E-state index is -1.21. The second-order valence-corrected chi connectivity index (χ2v) is 4.40. The van der Waals surface area contributed by atoms with Gasteiger partial charge < -0.3 is 21.1 Å². The van der Waals surface area contributed by atoms with E-state index in [1.807, 2.05) is 0 Å². The van der Waals surface area contributed by atoms with E-state index < -0.39 is 12.1 Å². The molecular formula is C13H20N4O3. The first kappa shape index (κ1) is 15.9. The van der Waals surface area contributed by atoms with Gasteiger partial charge in [-0.05, 0) is 37.9 Å². The van der Waals surface area contributed by atoms with Gasteiger partial charge in [0.15, 0.2) is 0 Å². The molecule has 0 saturated carbocycles. The van der Waals surface area contributed by atoms with Crippen molar-refractivity contribution in [2.24, 2.45) is 5.73 Å². The van der Waals surface area contributed by atoms with Crippen LogP contribution in [0.4, 0.5) is 10.5 Å². The summed E-state index contributed by atoms with van der Waals surface area (Å²) in [6.45, 7) is 0.520. The third-order valence-corrected chi connectivity index (χ3v) is 2.91. The molecule has 1 unspecified atom stereocenters. The molecule has 7 heteroatoms. The second-order valence-electron chi connectivity index (χ2n) is 4.40. The monoisotopic (exact) mass is 280 g/mol. The fourth-order valence-corrected chi connectivity index (χ4v) is 1.81. The van der Waals surface area contributed by atoms with Crippen molar-refractivity contribution in [1.29, 1.82) is 0 Å². The van der Waals surface area contributed by atoms with E-state index in [9.17, 15) is 9.59 Å². The van der Waals surface area contributed by atoms with Crippen LogP contribution in [-0.4, -0.2) is 41.7 Å². The zero-order chi connectivity index (χ0) is 15.0. The van der Waals surface area contributed by atoms with E-state index in [1.165, 1.54) is 4.90 Å². The number of hydrogen-bond donors (Lipinski definition) is 3. The molecule has 0 bridgehead atoms. The van der Waals surface area contributed by atoms with Gasteiger partial charge in [0.2, 0.25) is 5.91 Å². The lowest BCUT2D eigenvalue weighted by atomic mass is 10.1. The first-order chi connectivity index (χ1) is 9.56. The van der Waals surface area contributed by atoms with Gasteiger partial charge in [-0.1, -0.05) is 0 Å². The summed E-state index contributed by atoms with van der Waals surface area (Å²) in [6.07, 6.45) is 3.81. The van der Waals surface area contributed by atoms with Crippen LogP contribution in [0.3, 0.4) is 0 Å². The number of anilines is 1. The van der Waals surface area contributed by atoms with Crippen LogP contribution in [0.15, 0.2) is 24.5 Å². The van der Waals surface area contributed by atoms with E-state index in [-0.39, 0.29) is 5.91 Å². The third-order valence-electron chi connectivity index (χ3n) is 2.91. The maximum Gasteiger partial charge on any atom is 0.405 e. The van der Waals surface area contributed by atoms with Gasteiger partial charge in [-0.3, -0.25) is 9.78 Å². The number of aromatic nitrogens is 1. The SMILES string of the molecule is CN(C(=O)C(CCCCN)NC(=O)O)c1cccnc1. The number of carbonyl (C=O) groups is 2. The van der Waals surface area contributed by atoms with Crippen molar-refractivity contribution in [3.8, 4) is 0 Å². The Morgan fingerprint density at radius 3 is 2.80 bits per heavy atom. The molecule has 0 aromatic carbocycles. The molecule has 1 rings (SSSR count). The number of carboxylic acid groups (broad SMARTS) is 1. The molecule has 4 N–H and O–H groups in total. The quantitative estimate of drug-likeness (QED) is 0.640. The van der Waals surface area contributed by atoms with Gasteiger partial charge in [0.1, 0.15) is 6.04 Å². The highest BCUT2D eigenvalue weighted by Crippen LogP contribution is 2.13. The van der Waals surface area contributed by atoms with E-state index in [0.29, 0.717) is 25.1 Å². The molecule has 7 nitrogen and oxygen atoms in total. The fourth-order valence-electron chi connectivity index (χ4n) is 1.81. The molecule has 0 radical (unpaired) electrons. The normalized spacial score (nSPS) is 11.7. The average Bonchev–Trinajstić information content (AvgIpc) is 2.45. The minimum absolute atomic E-state index is 0.308. The molecule has 0 aliphatic heterocycles. The predicted octanol–water partition coefficient (Wildman–Crippen LogP) is 0.810. The van der Waals surface area contributed by atoms with Gasteiger partial charge in [-0.15, -0.1) is 0 Å². The molecule has 1 aromatic rings. The van der Waals surface area contributed by atoms with Crippen molar-refractivity contribution in [2.75, 3.05) is 18.5 Å². The maximum absolute atomic E-state index is 12.3. The van der Waals surface area contributed by atoms with Crippen LogP contribution in [0.1, 0.15) is 19.3 Å². The molecule has 110 valence electrons. The summed E-state index contributed by atoms with van der Waals surface area (Å²) < 4.78 is 0. The Balaban J connectivity index is 2.73. The first-order valence-electron chi connectivity index (χ1n) is 6.43. The highest BCUT2D eigenvalue weighted by Gasteiger charge is 2.24. The first-order valence-corrected chi connectivity index (χ1v) is 6.43. The van der Waals surface area contributed by atoms with Crippen LogP contribution in [-0.2, 0) is 4.79 Å². The predicted molar refractivity (Wildman–Crippen MR) is 75.5 cm³/mol.